The van der Waals surface area contributed by atoms with Crippen molar-refractivity contribution in [2.45, 2.75) is 59.8 Å². The molecule has 2 nitrogen and oxygen atoms in total. The highest BCUT2D eigenvalue weighted by molar-refractivity contribution is 4.82. The van der Waals surface area contributed by atoms with Crippen LogP contribution in [-0.2, 0) is 0 Å². The first-order valence-corrected chi connectivity index (χ1v) is 8.06. The molecule has 0 amide bonds. The molecule has 1 fully saturated rings. The van der Waals surface area contributed by atoms with E-state index in [4.69, 9.17) is 0 Å². The van der Waals surface area contributed by atoms with Gasteiger partial charge < -0.3 is 10.2 Å². The van der Waals surface area contributed by atoms with Crippen molar-refractivity contribution in [1.82, 2.24) is 10.2 Å². The molecule has 1 saturated carbocycles. The van der Waals surface area contributed by atoms with Crippen LogP contribution in [0.25, 0.3) is 0 Å². The lowest BCUT2D eigenvalue weighted by atomic mass is 9.83. The second kappa shape index (κ2) is 8.16. The van der Waals surface area contributed by atoms with Crippen LogP contribution in [0.15, 0.2) is 0 Å². The highest BCUT2D eigenvalue weighted by Crippen LogP contribution is 2.29. The van der Waals surface area contributed by atoms with Gasteiger partial charge in [0.05, 0.1) is 0 Å². The number of nitrogens with zero attached hydrogens (tertiary/aromatic N) is 1. The Bertz CT molecular complexity index is 213. The molecule has 108 valence electrons. The summed E-state index contributed by atoms with van der Waals surface area (Å²) in [6.45, 7) is 15.5. The van der Waals surface area contributed by atoms with E-state index in [2.05, 4.69) is 37.9 Å². The van der Waals surface area contributed by atoms with Gasteiger partial charge in [0.15, 0.2) is 0 Å². The quantitative estimate of drug-likeness (QED) is 0.600. The summed E-state index contributed by atoms with van der Waals surface area (Å²) in [4.78, 5) is 2.68. The molecule has 1 atom stereocenters. The van der Waals surface area contributed by atoms with Crippen molar-refractivity contribution in [3.8, 4) is 0 Å². The Labute approximate surface area is 115 Å². The first kappa shape index (κ1) is 16.0. The molecule has 2 heteroatoms. The maximum absolute atomic E-state index is 3.61. The minimum atomic E-state index is 0.439. The van der Waals surface area contributed by atoms with E-state index in [0.717, 1.165) is 12.5 Å². The summed E-state index contributed by atoms with van der Waals surface area (Å²) in [5.74, 6) is 0.995. The first-order chi connectivity index (χ1) is 8.63. The molecule has 0 aromatic heterocycles. The molecule has 0 aromatic rings. The monoisotopic (exact) mass is 254 g/mol. The normalized spacial score (nSPS) is 19.8. The topological polar surface area (TPSA) is 15.3 Å². The zero-order chi connectivity index (χ0) is 13.4. The fourth-order valence-electron chi connectivity index (χ4n) is 2.75. The van der Waals surface area contributed by atoms with E-state index in [1.165, 1.54) is 58.3 Å². The summed E-state index contributed by atoms with van der Waals surface area (Å²) in [6, 6.07) is 0. The van der Waals surface area contributed by atoms with Crippen LogP contribution in [-0.4, -0.2) is 37.6 Å². The molecule has 1 rings (SSSR count). The van der Waals surface area contributed by atoms with E-state index in [1.54, 1.807) is 0 Å². The van der Waals surface area contributed by atoms with Gasteiger partial charge in [-0.25, -0.2) is 0 Å². The average Bonchev–Trinajstić information content (AvgIpc) is 2.32. The molecule has 1 aliphatic carbocycles. The van der Waals surface area contributed by atoms with Gasteiger partial charge in [0.1, 0.15) is 0 Å². The molecule has 0 radical (unpaired) electrons. The lowest BCUT2D eigenvalue weighted by molar-refractivity contribution is 0.120. The molecule has 1 aliphatic rings. The summed E-state index contributed by atoms with van der Waals surface area (Å²) < 4.78 is 0. The molecule has 0 aliphatic heterocycles. The van der Waals surface area contributed by atoms with Gasteiger partial charge in [-0.05, 0) is 50.1 Å². The lowest BCUT2D eigenvalue weighted by Gasteiger charge is -2.38. The van der Waals surface area contributed by atoms with Crippen LogP contribution in [0.3, 0.4) is 0 Å². The molecule has 0 aromatic carbocycles. The molecule has 0 heterocycles. The van der Waals surface area contributed by atoms with Crippen molar-refractivity contribution in [2.75, 3.05) is 32.7 Å². The number of nitrogens with one attached hydrogen (secondary N) is 1. The van der Waals surface area contributed by atoms with Gasteiger partial charge in [0, 0.05) is 19.6 Å². The Morgan fingerprint density at radius 3 is 2.39 bits per heavy atom. The summed E-state index contributed by atoms with van der Waals surface area (Å²) in [7, 11) is 0. The molecule has 1 unspecified atom stereocenters. The van der Waals surface area contributed by atoms with Crippen molar-refractivity contribution in [1.29, 1.82) is 0 Å². The summed E-state index contributed by atoms with van der Waals surface area (Å²) in [6.07, 6.45) is 6.90. The molecular weight excluding hydrogens is 220 g/mol. The Morgan fingerprint density at radius 2 is 1.94 bits per heavy atom. The summed E-state index contributed by atoms with van der Waals surface area (Å²) >= 11 is 0. The highest BCUT2D eigenvalue weighted by Gasteiger charge is 2.27. The third-order valence-corrected chi connectivity index (χ3v) is 4.63. The number of hydrogen-bond donors (Lipinski definition) is 1. The minimum absolute atomic E-state index is 0.439. The van der Waals surface area contributed by atoms with Crippen LogP contribution in [0.2, 0.25) is 0 Å². The van der Waals surface area contributed by atoms with Crippen LogP contribution in [0, 0.1) is 11.3 Å². The molecule has 0 saturated heterocycles. The predicted molar refractivity (Wildman–Crippen MR) is 81.0 cm³/mol. The molecule has 1 N–H and O–H groups in total. The van der Waals surface area contributed by atoms with Gasteiger partial charge >= 0.3 is 0 Å². The molecular formula is C16H34N2. The van der Waals surface area contributed by atoms with Gasteiger partial charge in [0.2, 0.25) is 0 Å². The lowest BCUT2D eigenvalue weighted by Crippen LogP contribution is -2.44. The van der Waals surface area contributed by atoms with E-state index < -0.39 is 0 Å². The number of hydrogen-bond acceptors (Lipinski definition) is 2. The molecule has 0 bridgehead atoms. The zero-order valence-corrected chi connectivity index (χ0v) is 13.1. The molecule has 18 heavy (non-hydrogen) atoms. The van der Waals surface area contributed by atoms with Crippen LogP contribution in [0.1, 0.15) is 59.8 Å². The highest BCUT2D eigenvalue weighted by atomic mass is 15.1. The van der Waals surface area contributed by atoms with Crippen molar-refractivity contribution < 1.29 is 0 Å². The second-order valence-corrected chi connectivity index (χ2v) is 6.47. The Morgan fingerprint density at radius 1 is 1.22 bits per heavy atom. The maximum atomic E-state index is 3.61. The Hall–Kier alpha value is -0.0800. The van der Waals surface area contributed by atoms with E-state index in [1.807, 2.05) is 0 Å². The van der Waals surface area contributed by atoms with Crippen molar-refractivity contribution in [2.24, 2.45) is 11.3 Å². The SMILES string of the molecule is CCCNCC(C)(CC)CN(CC)CC1CCC1. The predicted octanol–water partition coefficient (Wildman–Crippen LogP) is 3.52. The van der Waals surface area contributed by atoms with Crippen molar-refractivity contribution >= 4 is 0 Å². The van der Waals surface area contributed by atoms with E-state index >= 15 is 0 Å². The van der Waals surface area contributed by atoms with Crippen LogP contribution in [0.4, 0.5) is 0 Å². The smallest absolute Gasteiger partial charge is 0.00474 e. The molecule has 0 spiro atoms. The number of rotatable bonds is 10. The van der Waals surface area contributed by atoms with Crippen molar-refractivity contribution in [3.05, 3.63) is 0 Å². The summed E-state index contributed by atoms with van der Waals surface area (Å²) in [5, 5.41) is 3.61. The Kier molecular flexibility index (Phi) is 7.25. The summed E-state index contributed by atoms with van der Waals surface area (Å²) in [5.41, 5.74) is 0.439. The standard InChI is InChI=1S/C16H34N2/c1-5-11-17-13-16(4,6-2)14-18(7-3)12-15-9-8-10-15/h15,17H,5-14H2,1-4H3. The van der Waals surface area contributed by atoms with E-state index in [9.17, 15) is 0 Å². The van der Waals surface area contributed by atoms with Gasteiger partial charge in [-0.2, -0.15) is 0 Å². The van der Waals surface area contributed by atoms with Gasteiger partial charge in [-0.15, -0.1) is 0 Å². The van der Waals surface area contributed by atoms with Gasteiger partial charge in [-0.1, -0.05) is 34.1 Å². The van der Waals surface area contributed by atoms with E-state index in [-0.39, 0.29) is 0 Å². The average molecular weight is 254 g/mol. The third-order valence-electron chi connectivity index (χ3n) is 4.63. The fraction of sp³-hybridized carbons (Fsp3) is 1.00. The van der Waals surface area contributed by atoms with Gasteiger partial charge in [-0.3, -0.25) is 0 Å². The largest absolute Gasteiger partial charge is 0.316 e. The minimum Gasteiger partial charge on any atom is -0.316 e. The van der Waals surface area contributed by atoms with E-state index in [0.29, 0.717) is 5.41 Å². The Balaban J connectivity index is 2.36. The second-order valence-electron chi connectivity index (χ2n) is 6.47. The zero-order valence-electron chi connectivity index (χ0n) is 13.1. The van der Waals surface area contributed by atoms with Gasteiger partial charge in [0.25, 0.3) is 0 Å². The maximum Gasteiger partial charge on any atom is 0.00474 e. The van der Waals surface area contributed by atoms with Crippen molar-refractivity contribution in [3.63, 3.8) is 0 Å². The third kappa shape index (κ3) is 5.27. The van der Waals surface area contributed by atoms with Crippen LogP contribution >= 0.6 is 0 Å². The fourth-order valence-corrected chi connectivity index (χ4v) is 2.75. The van der Waals surface area contributed by atoms with Crippen LogP contribution in [0.5, 0.6) is 0 Å². The first-order valence-electron chi connectivity index (χ1n) is 8.06. The van der Waals surface area contributed by atoms with Crippen LogP contribution < -0.4 is 5.32 Å².